The van der Waals surface area contributed by atoms with Crippen LogP contribution in [0, 0.1) is 6.92 Å². The van der Waals surface area contributed by atoms with Crippen molar-refractivity contribution in [3.05, 3.63) is 70.7 Å². The van der Waals surface area contributed by atoms with Crippen molar-refractivity contribution in [3.63, 3.8) is 0 Å². The largest absolute Gasteiger partial charge is 0.334 e. The molecule has 1 unspecified atom stereocenters. The fourth-order valence-electron chi connectivity index (χ4n) is 4.52. The van der Waals surface area contributed by atoms with E-state index in [1.54, 1.807) is 6.20 Å². The molecule has 2 aliphatic rings. The van der Waals surface area contributed by atoms with E-state index in [1.807, 2.05) is 27.3 Å². The van der Waals surface area contributed by atoms with Crippen LogP contribution in [-0.2, 0) is 4.79 Å². The van der Waals surface area contributed by atoms with Crippen LogP contribution in [0.25, 0.3) is 11.1 Å². The van der Waals surface area contributed by atoms with Gasteiger partial charge in [-0.15, -0.1) is 11.3 Å². The van der Waals surface area contributed by atoms with E-state index in [2.05, 4.69) is 53.2 Å². The lowest BCUT2D eigenvalue weighted by Crippen LogP contribution is -2.52. The van der Waals surface area contributed by atoms with E-state index in [-0.39, 0.29) is 17.9 Å². The van der Waals surface area contributed by atoms with Crippen LogP contribution in [-0.4, -0.2) is 65.4 Å². The molecule has 0 spiro atoms. The first-order valence-electron chi connectivity index (χ1n) is 11.0. The summed E-state index contributed by atoms with van der Waals surface area (Å²) in [5.74, 6) is 0.178. The molecule has 0 aliphatic carbocycles. The molecule has 0 N–H and O–H groups in total. The summed E-state index contributed by atoms with van der Waals surface area (Å²) in [5, 5.41) is 2.38. The van der Waals surface area contributed by atoms with E-state index in [9.17, 15) is 9.59 Å². The number of rotatable bonds is 4. The minimum absolute atomic E-state index is 0.0115. The van der Waals surface area contributed by atoms with Crippen molar-refractivity contribution in [2.45, 2.75) is 19.4 Å². The Morgan fingerprint density at radius 2 is 1.62 bits per heavy atom. The second-order valence-electron chi connectivity index (χ2n) is 8.44. The average Bonchev–Trinajstić information content (AvgIpc) is 3.50. The zero-order chi connectivity index (χ0) is 22.1. The van der Waals surface area contributed by atoms with Gasteiger partial charge in [-0.1, -0.05) is 42.0 Å². The third-order valence-electron chi connectivity index (χ3n) is 6.40. The summed E-state index contributed by atoms with van der Waals surface area (Å²) in [6.45, 7) is 5.71. The molecule has 5 rings (SSSR count). The van der Waals surface area contributed by atoms with Gasteiger partial charge in [-0.3, -0.25) is 14.5 Å². The number of piperazine rings is 1. The first-order chi connectivity index (χ1) is 15.6. The first-order valence-corrected chi connectivity index (χ1v) is 11.9. The summed E-state index contributed by atoms with van der Waals surface area (Å²) < 4.78 is 0. The SMILES string of the molecule is Cc1ccc(-c2ccc(N3CC(N4CCN(C(=O)c5nccs5)CC4)CC3=O)cc2)cc1. The molecule has 164 valence electrons. The Labute approximate surface area is 192 Å². The van der Waals surface area contributed by atoms with Crippen molar-refractivity contribution in [1.82, 2.24) is 14.8 Å². The van der Waals surface area contributed by atoms with Crippen LogP contribution in [0.1, 0.15) is 21.8 Å². The van der Waals surface area contributed by atoms with Crippen LogP contribution in [0.3, 0.4) is 0 Å². The highest BCUT2D eigenvalue weighted by molar-refractivity contribution is 7.11. The minimum Gasteiger partial charge on any atom is -0.334 e. The van der Waals surface area contributed by atoms with Crippen molar-refractivity contribution in [1.29, 1.82) is 0 Å². The molecule has 1 aromatic heterocycles. The van der Waals surface area contributed by atoms with Gasteiger partial charge in [0.15, 0.2) is 5.01 Å². The fourth-order valence-corrected chi connectivity index (χ4v) is 5.12. The van der Waals surface area contributed by atoms with Crippen molar-refractivity contribution in [2.75, 3.05) is 37.6 Å². The number of benzene rings is 2. The number of hydrogen-bond donors (Lipinski definition) is 0. The molecule has 3 aromatic rings. The van der Waals surface area contributed by atoms with Crippen molar-refractivity contribution in [2.24, 2.45) is 0 Å². The van der Waals surface area contributed by atoms with Gasteiger partial charge in [-0.25, -0.2) is 4.98 Å². The Morgan fingerprint density at radius 1 is 0.969 bits per heavy atom. The topological polar surface area (TPSA) is 56.8 Å². The number of anilines is 1. The van der Waals surface area contributed by atoms with Gasteiger partial charge >= 0.3 is 0 Å². The molecule has 2 aromatic carbocycles. The molecular weight excluding hydrogens is 420 g/mol. The van der Waals surface area contributed by atoms with Gasteiger partial charge < -0.3 is 9.80 Å². The maximum absolute atomic E-state index is 12.8. The highest BCUT2D eigenvalue weighted by Gasteiger charge is 2.36. The van der Waals surface area contributed by atoms with Gasteiger partial charge in [0.25, 0.3) is 5.91 Å². The van der Waals surface area contributed by atoms with Gasteiger partial charge in [0.2, 0.25) is 5.91 Å². The predicted molar refractivity (Wildman–Crippen MR) is 127 cm³/mol. The third kappa shape index (κ3) is 4.18. The Hall–Kier alpha value is -3.03. The summed E-state index contributed by atoms with van der Waals surface area (Å²) in [6.07, 6.45) is 2.19. The van der Waals surface area contributed by atoms with Crippen LogP contribution in [0.5, 0.6) is 0 Å². The van der Waals surface area contributed by atoms with Crippen molar-refractivity contribution in [3.8, 4) is 11.1 Å². The average molecular weight is 447 g/mol. The maximum atomic E-state index is 12.8. The Balaban J connectivity index is 1.20. The summed E-state index contributed by atoms with van der Waals surface area (Å²) in [7, 11) is 0. The van der Waals surface area contributed by atoms with Crippen LogP contribution >= 0.6 is 11.3 Å². The highest BCUT2D eigenvalue weighted by atomic mass is 32.1. The predicted octanol–water partition coefficient (Wildman–Crippen LogP) is 3.68. The van der Waals surface area contributed by atoms with Gasteiger partial charge in [0.1, 0.15) is 0 Å². The second-order valence-corrected chi connectivity index (χ2v) is 9.34. The molecular formula is C25H26N4O2S. The van der Waals surface area contributed by atoms with Gasteiger partial charge in [0.05, 0.1) is 0 Å². The standard InChI is InChI=1S/C25H26N4O2S/c1-18-2-4-19(5-3-18)20-6-8-21(9-7-20)29-17-22(16-23(29)30)27-11-13-28(14-12-27)25(31)24-26-10-15-32-24/h2-10,15,22H,11-14,16-17H2,1H3. The van der Waals surface area contributed by atoms with Crippen LogP contribution in [0.2, 0.25) is 0 Å². The smallest absolute Gasteiger partial charge is 0.282 e. The quantitative estimate of drug-likeness (QED) is 0.614. The fraction of sp³-hybridized carbons (Fsp3) is 0.320. The first kappa shape index (κ1) is 20.8. The second kappa shape index (κ2) is 8.84. The van der Waals surface area contributed by atoms with Crippen molar-refractivity contribution >= 4 is 28.8 Å². The monoisotopic (exact) mass is 446 g/mol. The lowest BCUT2D eigenvalue weighted by molar-refractivity contribution is -0.117. The number of aromatic nitrogens is 1. The number of carbonyl (C=O) groups excluding carboxylic acids is 2. The number of thiazole rings is 1. The summed E-state index contributed by atoms with van der Waals surface area (Å²) in [4.78, 5) is 35.5. The lowest BCUT2D eigenvalue weighted by atomic mass is 10.0. The van der Waals surface area contributed by atoms with E-state index < -0.39 is 0 Å². The molecule has 0 radical (unpaired) electrons. The molecule has 32 heavy (non-hydrogen) atoms. The number of aryl methyl sites for hydroxylation is 1. The summed E-state index contributed by atoms with van der Waals surface area (Å²) in [5.41, 5.74) is 4.52. The summed E-state index contributed by atoms with van der Waals surface area (Å²) >= 11 is 1.38. The minimum atomic E-state index is 0.0115. The molecule has 0 bridgehead atoms. The Morgan fingerprint density at radius 3 is 2.25 bits per heavy atom. The van der Waals surface area contributed by atoms with E-state index in [1.165, 1.54) is 22.5 Å². The molecule has 6 nitrogen and oxygen atoms in total. The van der Waals surface area contributed by atoms with Crippen LogP contribution in [0.15, 0.2) is 60.1 Å². The van der Waals surface area contributed by atoms with E-state index >= 15 is 0 Å². The maximum Gasteiger partial charge on any atom is 0.282 e. The molecule has 7 heteroatoms. The summed E-state index contributed by atoms with van der Waals surface area (Å²) in [6, 6.07) is 16.9. The normalized spacial score (nSPS) is 19.5. The Bertz CT molecular complexity index is 1090. The molecule has 2 aliphatic heterocycles. The number of carbonyl (C=O) groups is 2. The van der Waals surface area contributed by atoms with E-state index in [0.29, 0.717) is 31.1 Å². The number of nitrogens with zero attached hydrogens (tertiary/aromatic N) is 4. The van der Waals surface area contributed by atoms with Crippen LogP contribution in [0.4, 0.5) is 5.69 Å². The molecule has 2 saturated heterocycles. The van der Waals surface area contributed by atoms with Gasteiger partial charge in [-0.2, -0.15) is 0 Å². The van der Waals surface area contributed by atoms with Gasteiger partial charge in [-0.05, 0) is 30.2 Å². The molecule has 2 fully saturated rings. The molecule has 1 atom stereocenters. The van der Waals surface area contributed by atoms with Crippen molar-refractivity contribution < 1.29 is 9.59 Å². The number of hydrogen-bond acceptors (Lipinski definition) is 5. The zero-order valence-electron chi connectivity index (χ0n) is 18.1. The lowest BCUT2D eigenvalue weighted by Gasteiger charge is -2.37. The third-order valence-corrected chi connectivity index (χ3v) is 7.16. The number of amides is 2. The zero-order valence-corrected chi connectivity index (χ0v) is 18.9. The Kier molecular flexibility index (Phi) is 5.76. The van der Waals surface area contributed by atoms with E-state index in [0.717, 1.165) is 24.3 Å². The molecule has 0 saturated carbocycles. The van der Waals surface area contributed by atoms with Crippen LogP contribution < -0.4 is 4.90 Å². The highest BCUT2D eigenvalue weighted by Crippen LogP contribution is 2.28. The van der Waals surface area contributed by atoms with E-state index in [4.69, 9.17) is 0 Å². The molecule has 2 amide bonds. The van der Waals surface area contributed by atoms with Gasteiger partial charge in [0, 0.05) is 62.5 Å². The molecule has 3 heterocycles.